The zero-order valence-electron chi connectivity index (χ0n) is 11.4. The van der Waals surface area contributed by atoms with Crippen molar-refractivity contribution in [2.45, 2.75) is 0 Å². The van der Waals surface area contributed by atoms with Crippen LogP contribution in [0.2, 0.25) is 0 Å². The maximum Gasteiger partial charge on any atom is 0.290 e. The van der Waals surface area contributed by atoms with Gasteiger partial charge in [-0.2, -0.15) is 5.10 Å². The lowest BCUT2D eigenvalue weighted by molar-refractivity contribution is 0.0949. The van der Waals surface area contributed by atoms with Gasteiger partial charge in [0.05, 0.1) is 0 Å². The molecule has 8 nitrogen and oxygen atoms in total. The summed E-state index contributed by atoms with van der Waals surface area (Å²) in [4.78, 5) is 23.0. The van der Waals surface area contributed by atoms with Crippen LogP contribution in [0.25, 0.3) is 0 Å². The molecule has 0 saturated heterocycles. The number of hydrogen-bond donors (Lipinski definition) is 2. The second kappa shape index (κ2) is 6.43. The summed E-state index contributed by atoms with van der Waals surface area (Å²) in [6.45, 7) is 0. The fourth-order valence-corrected chi connectivity index (χ4v) is 1.06. The van der Waals surface area contributed by atoms with Crippen LogP contribution in [0.3, 0.4) is 0 Å². The Kier molecular flexibility index (Phi) is 4.92. The van der Waals surface area contributed by atoms with Gasteiger partial charge < -0.3 is 9.80 Å². The Balaban J connectivity index is 2.82. The highest BCUT2D eigenvalue weighted by molar-refractivity contribution is 5.96. The first-order valence-electron chi connectivity index (χ1n) is 5.51. The van der Waals surface area contributed by atoms with E-state index in [-0.39, 0.29) is 17.4 Å². The largest absolute Gasteiger partial charge is 0.367 e. The number of aromatic nitrogens is 2. The van der Waals surface area contributed by atoms with Gasteiger partial charge in [-0.05, 0) is 6.07 Å². The van der Waals surface area contributed by atoms with Crippen LogP contribution in [0.1, 0.15) is 16.3 Å². The molecule has 1 amide bonds. The molecule has 0 atom stereocenters. The highest BCUT2D eigenvalue weighted by Crippen LogP contribution is 1.98. The minimum atomic E-state index is -0.451. The molecule has 0 fully saturated rings. The molecule has 1 aromatic heterocycles. The number of hydrogen-bond acceptors (Lipinski definition) is 5. The van der Waals surface area contributed by atoms with E-state index >= 15 is 0 Å². The van der Waals surface area contributed by atoms with E-state index in [1.165, 1.54) is 18.6 Å². The van der Waals surface area contributed by atoms with E-state index < -0.39 is 5.91 Å². The van der Waals surface area contributed by atoms with Crippen molar-refractivity contribution in [1.82, 2.24) is 25.2 Å². The number of nitrogens with one attached hydrogen (secondary N) is 2. The highest BCUT2D eigenvalue weighted by Gasteiger charge is 2.11. The molecular weight excluding hydrogens is 246 g/mol. The number of hydrazone groups is 1. The first kappa shape index (κ1) is 14.6. The van der Waals surface area contributed by atoms with Gasteiger partial charge in [-0.25, -0.2) is 15.4 Å². The van der Waals surface area contributed by atoms with Crippen LogP contribution in [0, 0.1) is 5.41 Å². The molecule has 0 aliphatic heterocycles. The second-order valence-electron chi connectivity index (χ2n) is 4.16. The van der Waals surface area contributed by atoms with Crippen molar-refractivity contribution in [2.75, 3.05) is 28.2 Å². The highest BCUT2D eigenvalue weighted by atomic mass is 16.2. The molecule has 0 bridgehead atoms. The molecule has 1 aromatic rings. The molecular formula is C11H17N7O. The summed E-state index contributed by atoms with van der Waals surface area (Å²) in [5, 5.41) is 11.5. The first-order chi connectivity index (χ1) is 8.91. The van der Waals surface area contributed by atoms with Gasteiger partial charge >= 0.3 is 0 Å². The number of carbonyl (C=O) groups excluding carboxylic acids is 1. The number of carbonyl (C=O) groups is 1. The Morgan fingerprint density at radius 1 is 1.42 bits per heavy atom. The average molecular weight is 263 g/mol. The first-order valence-corrected chi connectivity index (χ1v) is 5.51. The predicted octanol–water partition coefficient (Wildman–Crippen LogP) is -0.402. The Morgan fingerprint density at radius 2 is 2.11 bits per heavy atom. The van der Waals surface area contributed by atoms with Gasteiger partial charge in [-0.15, -0.1) is 0 Å². The normalized spacial score (nSPS) is 10.3. The van der Waals surface area contributed by atoms with Crippen molar-refractivity contribution in [3.8, 4) is 0 Å². The van der Waals surface area contributed by atoms with Crippen molar-refractivity contribution in [2.24, 2.45) is 5.10 Å². The van der Waals surface area contributed by atoms with Crippen LogP contribution in [0.5, 0.6) is 0 Å². The maximum absolute atomic E-state index is 11.8. The molecule has 0 unspecified atom stereocenters. The molecule has 19 heavy (non-hydrogen) atoms. The molecule has 0 saturated carbocycles. The molecule has 1 heterocycles. The Labute approximate surface area is 111 Å². The SMILES string of the molecule is CN(C)C=NNC(=O)c1ccnc(C(=N)N(C)C)n1. The van der Waals surface area contributed by atoms with Crippen LogP contribution >= 0.6 is 0 Å². The number of amides is 1. The van der Waals surface area contributed by atoms with E-state index in [0.29, 0.717) is 0 Å². The van der Waals surface area contributed by atoms with Crippen LogP contribution in [0.15, 0.2) is 17.4 Å². The van der Waals surface area contributed by atoms with Crippen molar-refractivity contribution in [3.05, 3.63) is 23.8 Å². The summed E-state index contributed by atoms with van der Waals surface area (Å²) >= 11 is 0. The maximum atomic E-state index is 11.8. The van der Waals surface area contributed by atoms with Gasteiger partial charge in [-0.3, -0.25) is 10.2 Å². The predicted molar refractivity (Wildman–Crippen MR) is 72.2 cm³/mol. The molecule has 2 N–H and O–H groups in total. The van der Waals surface area contributed by atoms with Gasteiger partial charge in [0.2, 0.25) is 0 Å². The summed E-state index contributed by atoms with van der Waals surface area (Å²) < 4.78 is 0. The van der Waals surface area contributed by atoms with E-state index in [2.05, 4.69) is 20.5 Å². The third-order valence-electron chi connectivity index (χ3n) is 2.00. The van der Waals surface area contributed by atoms with Crippen LogP contribution in [-0.4, -0.2) is 66.0 Å². The lowest BCUT2D eigenvalue weighted by Crippen LogP contribution is -2.26. The zero-order valence-corrected chi connectivity index (χ0v) is 11.4. The third kappa shape index (κ3) is 4.34. The number of rotatable bonds is 4. The third-order valence-corrected chi connectivity index (χ3v) is 2.00. The minimum Gasteiger partial charge on any atom is -0.367 e. The lowest BCUT2D eigenvalue weighted by Gasteiger charge is -2.12. The standard InChI is InChI=1S/C11H17N7O/c1-17(2)7-14-16-11(19)8-5-6-13-10(15-8)9(12)18(3)4/h5-7,12H,1-4H3,(H,16,19). The van der Waals surface area contributed by atoms with Gasteiger partial charge in [0, 0.05) is 34.4 Å². The lowest BCUT2D eigenvalue weighted by atomic mass is 10.3. The van der Waals surface area contributed by atoms with Crippen molar-refractivity contribution in [1.29, 1.82) is 5.41 Å². The quantitative estimate of drug-likeness (QED) is 0.437. The molecule has 0 aliphatic carbocycles. The van der Waals surface area contributed by atoms with Crippen molar-refractivity contribution >= 4 is 18.1 Å². The van der Waals surface area contributed by atoms with Gasteiger partial charge in [0.25, 0.3) is 5.91 Å². The monoisotopic (exact) mass is 263 g/mol. The molecule has 8 heteroatoms. The summed E-state index contributed by atoms with van der Waals surface area (Å²) in [5.41, 5.74) is 2.50. The topological polar surface area (TPSA) is 97.6 Å². The molecule has 0 aromatic carbocycles. The van der Waals surface area contributed by atoms with E-state index in [1.807, 2.05) is 0 Å². The molecule has 102 valence electrons. The number of nitrogens with zero attached hydrogens (tertiary/aromatic N) is 5. The van der Waals surface area contributed by atoms with E-state index in [0.717, 1.165) is 0 Å². The van der Waals surface area contributed by atoms with Crippen LogP contribution in [0.4, 0.5) is 0 Å². The van der Waals surface area contributed by atoms with E-state index in [9.17, 15) is 4.79 Å². The number of amidine groups is 1. The van der Waals surface area contributed by atoms with Crippen molar-refractivity contribution < 1.29 is 4.79 Å². The summed E-state index contributed by atoms with van der Waals surface area (Å²) in [6.07, 6.45) is 2.90. The van der Waals surface area contributed by atoms with Gasteiger partial charge in [0.15, 0.2) is 11.7 Å². The van der Waals surface area contributed by atoms with Crippen LogP contribution in [-0.2, 0) is 0 Å². The molecule has 0 radical (unpaired) electrons. The smallest absolute Gasteiger partial charge is 0.290 e. The summed E-state index contributed by atoms with van der Waals surface area (Å²) in [5.74, 6) is -0.131. The Bertz CT molecular complexity index is 496. The summed E-state index contributed by atoms with van der Waals surface area (Å²) in [7, 11) is 6.99. The Morgan fingerprint density at radius 3 is 2.68 bits per heavy atom. The minimum absolute atomic E-state index is 0.131. The molecule has 0 aliphatic rings. The van der Waals surface area contributed by atoms with Gasteiger partial charge in [0.1, 0.15) is 12.0 Å². The fraction of sp³-hybridized carbons (Fsp3) is 0.364. The second-order valence-corrected chi connectivity index (χ2v) is 4.16. The molecule has 1 rings (SSSR count). The molecule has 0 spiro atoms. The van der Waals surface area contributed by atoms with Crippen molar-refractivity contribution in [3.63, 3.8) is 0 Å². The fourth-order valence-electron chi connectivity index (χ4n) is 1.06. The van der Waals surface area contributed by atoms with E-state index in [4.69, 9.17) is 5.41 Å². The van der Waals surface area contributed by atoms with Gasteiger partial charge in [-0.1, -0.05) is 0 Å². The Hall–Kier alpha value is -2.51. The summed E-state index contributed by atoms with van der Waals surface area (Å²) in [6, 6.07) is 1.47. The van der Waals surface area contributed by atoms with E-state index in [1.54, 1.807) is 38.0 Å². The van der Waals surface area contributed by atoms with Crippen LogP contribution < -0.4 is 5.43 Å². The average Bonchev–Trinajstić information content (AvgIpc) is 2.37. The zero-order chi connectivity index (χ0) is 14.4.